The van der Waals surface area contributed by atoms with Gasteiger partial charge in [-0.25, -0.2) is 13.2 Å². The van der Waals surface area contributed by atoms with Gasteiger partial charge in [0.05, 0.1) is 21.8 Å². The molecule has 0 saturated carbocycles. The van der Waals surface area contributed by atoms with Crippen molar-refractivity contribution in [1.29, 1.82) is 0 Å². The molecule has 3 aromatic rings. The van der Waals surface area contributed by atoms with Crippen LogP contribution in [0, 0.1) is 0 Å². The zero-order valence-corrected chi connectivity index (χ0v) is 18.5. The standard InChI is InChI=1S/C23H17ClF3NO4S/c24-19-9-8-17(22(29)32-14-15-4-3-6-18(12-15)23(25,26)27)13-21(19)33(30,31)28-11-10-16-5-1-2-7-20(16)28/h1-9,12-13H,10-11,14H2. The van der Waals surface area contributed by atoms with Crippen molar-refractivity contribution < 1.29 is 31.1 Å². The minimum absolute atomic E-state index is 0.0613. The van der Waals surface area contributed by atoms with Gasteiger partial charge in [0.1, 0.15) is 11.5 Å². The number of esters is 1. The van der Waals surface area contributed by atoms with Gasteiger partial charge in [-0.15, -0.1) is 0 Å². The molecule has 0 aromatic heterocycles. The Balaban J connectivity index is 1.56. The van der Waals surface area contributed by atoms with Crippen molar-refractivity contribution in [3.63, 3.8) is 0 Å². The van der Waals surface area contributed by atoms with Gasteiger partial charge in [-0.2, -0.15) is 13.2 Å². The summed E-state index contributed by atoms with van der Waals surface area (Å²) in [7, 11) is -4.06. The summed E-state index contributed by atoms with van der Waals surface area (Å²) in [6.45, 7) is -0.171. The van der Waals surface area contributed by atoms with E-state index >= 15 is 0 Å². The first-order valence-electron chi connectivity index (χ1n) is 9.81. The van der Waals surface area contributed by atoms with Crippen molar-refractivity contribution >= 4 is 33.3 Å². The van der Waals surface area contributed by atoms with E-state index in [1.54, 1.807) is 12.1 Å². The highest BCUT2D eigenvalue weighted by Crippen LogP contribution is 2.35. The summed E-state index contributed by atoms with van der Waals surface area (Å²) in [6.07, 6.45) is -3.97. The summed E-state index contributed by atoms with van der Waals surface area (Å²) in [5.74, 6) is -0.887. The van der Waals surface area contributed by atoms with Gasteiger partial charge >= 0.3 is 12.1 Å². The van der Waals surface area contributed by atoms with Gasteiger partial charge in [-0.05, 0) is 53.9 Å². The van der Waals surface area contributed by atoms with E-state index in [0.717, 1.165) is 23.8 Å². The van der Waals surface area contributed by atoms with Crippen LogP contribution in [0.2, 0.25) is 5.02 Å². The first-order chi connectivity index (χ1) is 15.6. The lowest BCUT2D eigenvalue weighted by atomic mass is 10.1. The molecule has 0 amide bonds. The Kier molecular flexibility index (Phi) is 6.11. The highest BCUT2D eigenvalue weighted by atomic mass is 35.5. The summed E-state index contributed by atoms with van der Waals surface area (Å²) in [6, 6.07) is 15.2. The van der Waals surface area contributed by atoms with Gasteiger partial charge < -0.3 is 4.74 Å². The van der Waals surface area contributed by atoms with Crippen LogP contribution in [0.15, 0.2) is 71.6 Å². The lowest BCUT2D eigenvalue weighted by molar-refractivity contribution is -0.137. The van der Waals surface area contributed by atoms with E-state index in [1.807, 2.05) is 12.1 Å². The molecule has 0 spiro atoms. The molecule has 1 aliphatic heterocycles. The summed E-state index contributed by atoms with van der Waals surface area (Å²) in [5.41, 5.74) is 0.632. The van der Waals surface area contributed by atoms with Crippen molar-refractivity contribution in [1.82, 2.24) is 0 Å². The molecule has 0 radical (unpaired) electrons. The molecule has 0 aliphatic carbocycles. The van der Waals surface area contributed by atoms with Crippen LogP contribution in [0.1, 0.15) is 27.0 Å². The number of fused-ring (bicyclic) bond motifs is 1. The molecule has 0 N–H and O–H groups in total. The summed E-state index contributed by atoms with van der Waals surface area (Å²) in [4.78, 5) is 12.3. The third kappa shape index (κ3) is 4.69. The largest absolute Gasteiger partial charge is 0.457 e. The van der Waals surface area contributed by atoms with E-state index in [-0.39, 0.29) is 27.6 Å². The van der Waals surface area contributed by atoms with Crippen LogP contribution in [0.3, 0.4) is 0 Å². The number of nitrogens with zero attached hydrogens (tertiary/aromatic N) is 1. The van der Waals surface area contributed by atoms with Crippen molar-refractivity contribution in [3.05, 3.63) is 94.0 Å². The summed E-state index contributed by atoms with van der Waals surface area (Å²) in [5, 5.41) is -0.0613. The number of alkyl halides is 3. The Bertz CT molecular complexity index is 1330. The maximum Gasteiger partial charge on any atom is 0.416 e. The fourth-order valence-corrected chi connectivity index (χ4v) is 5.58. The Hall–Kier alpha value is -3.04. The molecule has 5 nitrogen and oxygen atoms in total. The van der Waals surface area contributed by atoms with Crippen molar-refractivity contribution in [3.8, 4) is 0 Å². The lowest BCUT2D eigenvalue weighted by Gasteiger charge is -2.20. The van der Waals surface area contributed by atoms with Gasteiger partial charge in [0, 0.05) is 6.54 Å². The van der Waals surface area contributed by atoms with E-state index in [0.29, 0.717) is 12.1 Å². The quantitative estimate of drug-likeness (QED) is 0.440. The second-order valence-corrected chi connectivity index (χ2v) is 9.61. The van der Waals surface area contributed by atoms with Crippen LogP contribution in [0.5, 0.6) is 0 Å². The molecular weight excluding hydrogens is 479 g/mol. The van der Waals surface area contributed by atoms with Crippen LogP contribution < -0.4 is 4.31 Å². The normalized spacial score (nSPS) is 13.6. The second kappa shape index (κ2) is 8.72. The number of carbonyl (C=O) groups is 1. The average molecular weight is 496 g/mol. The Morgan fingerprint density at radius 2 is 1.79 bits per heavy atom. The Labute approximate surface area is 193 Å². The number of ether oxygens (including phenoxy) is 1. The van der Waals surface area contributed by atoms with E-state index in [9.17, 15) is 26.4 Å². The van der Waals surface area contributed by atoms with Crippen LogP contribution in [-0.2, 0) is 34.0 Å². The van der Waals surface area contributed by atoms with Crippen molar-refractivity contribution in [2.24, 2.45) is 0 Å². The number of rotatable bonds is 5. The molecule has 1 aliphatic rings. The molecule has 0 bridgehead atoms. The predicted octanol–water partition coefficient (Wildman–Crippen LogP) is 5.47. The summed E-state index contributed by atoms with van der Waals surface area (Å²) >= 11 is 6.16. The van der Waals surface area contributed by atoms with E-state index in [1.165, 1.54) is 28.6 Å². The fourth-order valence-electron chi connectivity index (χ4n) is 3.57. The van der Waals surface area contributed by atoms with E-state index < -0.39 is 34.3 Å². The third-order valence-corrected chi connectivity index (χ3v) is 7.50. The first-order valence-corrected chi connectivity index (χ1v) is 11.6. The van der Waals surface area contributed by atoms with E-state index in [4.69, 9.17) is 16.3 Å². The Morgan fingerprint density at radius 3 is 2.55 bits per heavy atom. The average Bonchev–Trinajstić information content (AvgIpc) is 3.22. The Morgan fingerprint density at radius 1 is 1.03 bits per heavy atom. The number of halogens is 4. The SMILES string of the molecule is O=C(OCc1cccc(C(F)(F)F)c1)c1ccc(Cl)c(S(=O)(=O)N2CCc3ccccc32)c1. The number of hydrogen-bond acceptors (Lipinski definition) is 4. The minimum atomic E-state index is -4.52. The number of hydrogen-bond donors (Lipinski definition) is 0. The molecule has 33 heavy (non-hydrogen) atoms. The van der Waals surface area contributed by atoms with Crippen LogP contribution >= 0.6 is 11.6 Å². The molecule has 3 aromatic carbocycles. The third-order valence-electron chi connectivity index (χ3n) is 5.20. The smallest absolute Gasteiger partial charge is 0.416 e. The molecule has 0 saturated heterocycles. The van der Waals surface area contributed by atoms with Gasteiger partial charge in [-0.3, -0.25) is 4.31 Å². The maximum absolute atomic E-state index is 13.3. The van der Waals surface area contributed by atoms with Crippen LogP contribution in [-0.4, -0.2) is 20.9 Å². The van der Waals surface area contributed by atoms with Gasteiger partial charge in [0.2, 0.25) is 0 Å². The minimum Gasteiger partial charge on any atom is -0.457 e. The number of benzene rings is 3. The first kappa shape index (κ1) is 23.1. The number of sulfonamides is 1. The maximum atomic E-state index is 13.3. The second-order valence-electron chi connectivity index (χ2n) is 7.38. The molecule has 1 heterocycles. The zero-order valence-electron chi connectivity index (χ0n) is 17.0. The molecule has 0 unspecified atom stereocenters. The monoisotopic (exact) mass is 495 g/mol. The van der Waals surface area contributed by atoms with Gasteiger partial charge in [0.25, 0.3) is 10.0 Å². The van der Waals surface area contributed by atoms with Crippen LogP contribution in [0.25, 0.3) is 0 Å². The van der Waals surface area contributed by atoms with Crippen molar-refractivity contribution in [2.45, 2.75) is 24.1 Å². The molecule has 10 heteroatoms. The molecule has 172 valence electrons. The van der Waals surface area contributed by atoms with Crippen molar-refractivity contribution in [2.75, 3.05) is 10.8 Å². The van der Waals surface area contributed by atoms with E-state index in [2.05, 4.69) is 0 Å². The predicted molar refractivity (Wildman–Crippen MR) is 117 cm³/mol. The fraction of sp³-hybridized carbons (Fsp3) is 0.174. The molecule has 0 fully saturated rings. The summed E-state index contributed by atoms with van der Waals surface area (Å²) < 4.78 is 71.5. The number of carbonyl (C=O) groups excluding carboxylic acids is 1. The topological polar surface area (TPSA) is 63.7 Å². The van der Waals surface area contributed by atoms with Gasteiger partial charge in [-0.1, -0.05) is 41.9 Å². The van der Waals surface area contributed by atoms with Gasteiger partial charge in [0.15, 0.2) is 0 Å². The molecular formula is C23H17ClF3NO4S. The zero-order chi connectivity index (χ0) is 23.8. The number of para-hydroxylation sites is 1. The highest BCUT2D eigenvalue weighted by molar-refractivity contribution is 7.93. The number of anilines is 1. The molecule has 4 rings (SSSR count). The lowest BCUT2D eigenvalue weighted by Crippen LogP contribution is -2.29. The molecule has 0 atom stereocenters. The van der Waals surface area contributed by atoms with Crippen LogP contribution in [0.4, 0.5) is 18.9 Å². The highest BCUT2D eigenvalue weighted by Gasteiger charge is 2.33.